The van der Waals surface area contributed by atoms with Crippen LogP contribution < -0.4 is 5.32 Å². The van der Waals surface area contributed by atoms with Gasteiger partial charge in [0.05, 0.1) is 11.5 Å². The predicted molar refractivity (Wildman–Crippen MR) is 77.2 cm³/mol. The third-order valence-electron chi connectivity index (χ3n) is 4.06. The SMILES string of the molecule is O=S1(=O)CCN(CC2CNc3ccccc3C2)CC1. The molecule has 4 nitrogen and oxygen atoms in total. The van der Waals surface area contributed by atoms with E-state index in [-0.39, 0.29) is 0 Å². The third-order valence-corrected chi connectivity index (χ3v) is 5.67. The fourth-order valence-electron chi connectivity index (χ4n) is 2.94. The molecule has 0 amide bonds. The summed E-state index contributed by atoms with van der Waals surface area (Å²) in [6.07, 6.45) is 1.09. The zero-order valence-electron chi connectivity index (χ0n) is 11.0. The Kier molecular flexibility index (Phi) is 3.50. The number of sulfone groups is 1. The van der Waals surface area contributed by atoms with Crippen molar-refractivity contribution in [3.8, 4) is 0 Å². The van der Waals surface area contributed by atoms with E-state index in [1.807, 2.05) is 0 Å². The zero-order chi connectivity index (χ0) is 13.3. The molecule has 1 aromatic rings. The molecule has 19 heavy (non-hydrogen) atoms. The molecule has 1 saturated heterocycles. The van der Waals surface area contributed by atoms with Gasteiger partial charge in [-0.15, -0.1) is 0 Å². The summed E-state index contributed by atoms with van der Waals surface area (Å²) in [5.41, 5.74) is 2.63. The van der Waals surface area contributed by atoms with Crippen LogP contribution in [0.2, 0.25) is 0 Å². The second-order valence-electron chi connectivity index (χ2n) is 5.56. The largest absolute Gasteiger partial charge is 0.384 e. The Balaban J connectivity index is 1.58. The summed E-state index contributed by atoms with van der Waals surface area (Å²) in [4.78, 5) is 2.29. The van der Waals surface area contributed by atoms with Crippen LogP contribution in [-0.2, 0) is 16.3 Å². The lowest BCUT2D eigenvalue weighted by molar-refractivity contribution is 0.249. The Bertz CT molecular complexity index is 542. The maximum absolute atomic E-state index is 11.4. The van der Waals surface area contributed by atoms with Crippen LogP contribution in [0.4, 0.5) is 5.69 Å². The van der Waals surface area contributed by atoms with Gasteiger partial charge in [0.2, 0.25) is 0 Å². The van der Waals surface area contributed by atoms with Crippen molar-refractivity contribution < 1.29 is 8.42 Å². The van der Waals surface area contributed by atoms with Crippen LogP contribution >= 0.6 is 0 Å². The molecule has 0 bridgehead atoms. The van der Waals surface area contributed by atoms with Gasteiger partial charge >= 0.3 is 0 Å². The van der Waals surface area contributed by atoms with Gasteiger partial charge in [-0.2, -0.15) is 0 Å². The fourth-order valence-corrected chi connectivity index (χ4v) is 4.21. The van der Waals surface area contributed by atoms with Crippen LogP contribution in [0.15, 0.2) is 24.3 Å². The van der Waals surface area contributed by atoms with Crippen molar-refractivity contribution in [3.05, 3.63) is 29.8 Å². The highest BCUT2D eigenvalue weighted by Gasteiger charge is 2.25. The molecule has 0 radical (unpaired) electrons. The number of nitrogens with one attached hydrogen (secondary N) is 1. The summed E-state index contributed by atoms with van der Waals surface area (Å²) in [5, 5.41) is 3.47. The van der Waals surface area contributed by atoms with Crippen molar-refractivity contribution in [1.29, 1.82) is 0 Å². The quantitative estimate of drug-likeness (QED) is 0.878. The van der Waals surface area contributed by atoms with E-state index in [4.69, 9.17) is 0 Å². The van der Waals surface area contributed by atoms with Gasteiger partial charge in [0.1, 0.15) is 0 Å². The Morgan fingerprint density at radius 2 is 1.95 bits per heavy atom. The Morgan fingerprint density at radius 3 is 2.74 bits per heavy atom. The van der Waals surface area contributed by atoms with E-state index in [0.717, 1.165) is 19.5 Å². The van der Waals surface area contributed by atoms with Gasteiger partial charge in [-0.1, -0.05) is 18.2 Å². The lowest BCUT2D eigenvalue weighted by Crippen LogP contribution is -2.44. The first-order valence-electron chi connectivity index (χ1n) is 6.87. The molecule has 3 rings (SSSR count). The van der Waals surface area contributed by atoms with E-state index in [2.05, 4.69) is 34.5 Å². The average molecular weight is 280 g/mol. The molecule has 0 aromatic heterocycles. The van der Waals surface area contributed by atoms with Crippen LogP contribution in [0.5, 0.6) is 0 Å². The molecular weight excluding hydrogens is 260 g/mol. The maximum Gasteiger partial charge on any atom is 0.152 e. The number of nitrogens with zero attached hydrogens (tertiary/aromatic N) is 1. The molecule has 1 N–H and O–H groups in total. The maximum atomic E-state index is 11.4. The van der Waals surface area contributed by atoms with Crippen LogP contribution in [0.3, 0.4) is 0 Å². The van der Waals surface area contributed by atoms with Gasteiger partial charge in [0.25, 0.3) is 0 Å². The number of anilines is 1. The van der Waals surface area contributed by atoms with E-state index >= 15 is 0 Å². The van der Waals surface area contributed by atoms with Gasteiger partial charge in [0, 0.05) is 31.9 Å². The van der Waals surface area contributed by atoms with Crippen molar-refractivity contribution >= 4 is 15.5 Å². The van der Waals surface area contributed by atoms with Crippen LogP contribution in [-0.4, -0.2) is 51.0 Å². The van der Waals surface area contributed by atoms with Gasteiger partial charge < -0.3 is 10.2 Å². The van der Waals surface area contributed by atoms with E-state index in [9.17, 15) is 8.42 Å². The summed E-state index contributed by atoms with van der Waals surface area (Å²) in [5.74, 6) is 1.23. The third kappa shape index (κ3) is 3.09. The molecule has 0 saturated carbocycles. The minimum Gasteiger partial charge on any atom is -0.384 e. The zero-order valence-corrected chi connectivity index (χ0v) is 11.8. The number of benzene rings is 1. The summed E-state index contributed by atoms with van der Waals surface area (Å²) >= 11 is 0. The minimum atomic E-state index is -2.76. The molecule has 1 fully saturated rings. The van der Waals surface area contributed by atoms with Gasteiger partial charge in [-0.3, -0.25) is 0 Å². The number of fused-ring (bicyclic) bond motifs is 1. The molecular formula is C14H20N2O2S. The lowest BCUT2D eigenvalue weighted by atomic mass is 9.93. The highest BCUT2D eigenvalue weighted by Crippen LogP contribution is 2.25. The van der Waals surface area contributed by atoms with Crippen molar-refractivity contribution in [2.45, 2.75) is 6.42 Å². The highest BCUT2D eigenvalue weighted by atomic mass is 32.2. The van der Waals surface area contributed by atoms with Crippen molar-refractivity contribution in [1.82, 2.24) is 4.90 Å². The minimum absolute atomic E-state index is 0.323. The first-order chi connectivity index (χ1) is 9.12. The summed E-state index contributed by atoms with van der Waals surface area (Å²) in [6, 6.07) is 8.44. The van der Waals surface area contributed by atoms with E-state index in [0.29, 0.717) is 30.5 Å². The molecule has 2 heterocycles. The van der Waals surface area contributed by atoms with E-state index in [1.165, 1.54) is 11.3 Å². The van der Waals surface area contributed by atoms with Crippen molar-refractivity contribution in [2.75, 3.05) is 43.0 Å². The first-order valence-corrected chi connectivity index (χ1v) is 8.69. The Morgan fingerprint density at radius 1 is 1.21 bits per heavy atom. The molecule has 5 heteroatoms. The van der Waals surface area contributed by atoms with Crippen LogP contribution in [0.25, 0.3) is 0 Å². The standard InChI is InChI=1S/C14H20N2O2S/c17-19(18)7-5-16(6-8-19)11-12-9-13-3-1-2-4-14(13)15-10-12/h1-4,12,15H,5-11H2. The van der Waals surface area contributed by atoms with Crippen molar-refractivity contribution in [3.63, 3.8) is 0 Å². The normalized spacial score (nSPS) is 26.4. The molecule has 1 unspecified atom stereocenters. The fraction of sp³-hybridized carbons (Fsp3) is 0.571. The van der Waals surface area contributed by atoms with Crippen molar-refractivity contribution in [2.24, 2.45) is 5.92 Å². The number of para-hydroxylation sites is 1. The Hall–Kier alpha value is -1.07. The van der Waals surface area contributed by atoms with Gasteiger partial charge in [0.15, 0.2) is 9.84 Å². The molecule has 2 aliphatic rings. The Labute approximate surface area is 114 Å². The second-order valence-corrected chi connectivity index (χ2v) is 7.86. The van der Waals surface area contributed by atoms with Crippen LogP contribution in [0, 0.1) is 5.92 Å². The highest BCUT2D eigenvalue weighted by molar-refractivity contribution is 7.91. The summed E-state index contributed by atoms with van der Waals surface area (Å²) in [7, 11) is -2.76. The average Bonchev–Trinajstić information content (AvgIpc) is 2.41. The smallest absolute Gasteiger partial charge is 0.152 e. The number of hydrogen-bond acceptors (Lipinski definition) is 4. The first kappa shape index (κ1) is 12.9. The molecule has 2 aliphatic heterocycles. The molecule has 0 spiro atoms. The van der Waals surface area contributed by atoms with Gasteiger partial charge in [-0.25, -0.2) is 8.42 Å². The number of rotatable bonds is 2. The van der Waals surface area contributed by atoms with Gasteiger partial charge in [-0.05, 0) is 24.0 Å². The second kappa shape index (κ2) is 5.13. The van der Waals surface area contributed by atoms with E-state index in [1.54, 1.807) is 0 Å². The summed E-state index contributed by atoms with van der Waals surface area (Å²) < 4.78 is 22.8. The predicted octanol–water partition coefficient (Wildman–Crippen LogP) is 1.00. The molecule has 1 atom stereocenters. The van der Waals surface area contributed by atoms with Crippen LogP contribution in [0.1, 0.15) is 5.56 Å². The lowest BCUT2D eigenvalue weighted by Gasteiger charge is -2.33. The summed E-state index contributed by atoms with van der Waals surface area (Å²) in [6.45, 7) is 3.37. The monoisotopic (exact) mass is 280 g/mol. The topological polar surface area (TPSA) is 49.4 Å². The number of hydrogen-bond donors (Lipinski definition) is 1. The molecule has 0 aliphatic carbocycles. The van der Waals surface area contributed by atoms with E-state index < -0.39 is 9.84 Å². The molecule has 1 aromatic carbocycles. The molecule has 104 valence electrons.